The van der Waals surface area contributed by atoms with Crippen molar-refractivity contribution in [1.82, 2.24) is 0 Å². The van der Waals surface area contributed by atoms with Gasteiger partial charge >= 0.3 is 0 Å². The van der Waals surface area contributed by atoms with Crippen molar-refractivity contribution >= 4 is 5.69 Å². The first-order chi connectivity index (χ1) is 8.61. The molecule has 0 fully saturated rings. The van der Waals surface area contributed by atoms with Crippen molar-refractivity contribution in [2.75, 3.05) is 24.6 Å². The molecule has 0 radical (unpaired) electrons. The molecule has 2 rings (SSSR count). The lowest BCUT2D eigenvalue weighted by atomic mass is 9.99. The molecule has 0 bridgehead atoms. The lowest BCUT2D eigenvalue weighted by molar-refractivity contribution is 0.290. The maximum Gasteiger partial charge on any atom is 0.0447 e. The van der Waals surface area contributed by atoms with Crippen LogP contribution in [-0.2, 0) is 12.8 Å². The Morgan fingerprint density at radius 2 is 2.22 bits per heavy atom. The lowest BCUT2D eigenvalue weighted by Gasteiger charge is -2.21. The molecule has 1 aliphatic heterocycles. The second-order valence-corrected chi connectivity index (χ2v) is 5.42. The van der Waals surface area contributed by atoms with Gasteiger partial charge in [0.15, 0.2) is 0 Å². The SMILES string of the molecule is Cc1cc(C[C@@H](C)N)cc2c1N(CCCO)CC2. The lowest BCUT2D eigenvalue weighted by Crippen LogP contribution is -2.23. The fourth-order valence-electron chi connectivity index (χ4n) is 2.92. The summed E-state index contributed by atoms with van der Waals surface area (Å²) in [6, 6.07) is 4.79. The summed E-state index contributed by atoms with van der Waals surface area (Å²) in [5.74, 6) is 0. The minimum Gasteiger partial charge on any atom is -0.396 e. The largest absolute Gasteiger partial charge is 0.396 e. The Morgan fingerprint density at radius 1 is 1.44 bits per heavy atom. The second kappa shape index (κ2) is 5.72. The van der Waals surface area contributed by atoms with Gasteiger partial charge in [-0.25, -0.2) is 0 Å². The van der Waals surface area contributed by atoms with Crippen molar-refractivity contribution < 1.29 is 5.11 Å². The van der Waals surface area contributed by atoms with Crippen LogP contribution in [0.15, 0.2) is 12.1 Å². The third-order valence-electron chi connectivity index (χ3n) is 3.55. The van der Waals surface area contributed by atoms with E-state index in [1.165, 1.54) is 22.4 Å². The van der Waals surface area contributed by atoms with Gasteiger partial charge in [-0.2, -0.15) is 0 Å². The molecule has 18 heavy (non-hydrogen) atoms. The molecule has 1 atom stereocenters. The fraction of sp³-hybridized carbons (Fsp3) is 0.600. The number of aryl methyl sites for hydroxylation is 1. The van der Waals surface area contributed by atoms with E-state index in [1.807, 2.05) is 0 Å². The standard InChI is InChI=1S/C15H24N2O/c1-11-8-13(9-12(2)16)10-14-4-6-17(15(11)14)5-3-7-18/h8,10,12,18H,3-7,9,16H2,1-2H3/t12-/m1/s1. The predicted octanol–water partition coefficient (Wildman–Crippen LogP) is 1.63. The van der Waals surface area contributed by atoms with E-state index in [9.17, 15) is 0 Å². The number of nitrogens with zero attached hydrogens (tertiary/aromatic N) is 1. The first-order valence-electron chi connectivity index (χ1n) is 6.85. The van der Waals surface area contributed by atoms with Crippen LogP contribution in [0.4, 0.5) is 5.69 Å². The highest BCUT2D eigenvalue weighted by Crippen LogP contribution is 2.33. The molecule has 0 unspecified atom stereocenters. The maximum absolute atomic E-state index is 8.95. The van der Waals surface area contributed by atoms with Crippen LogP contribution >= 0.6 is 0 Å². The molecule has 3 heteroatoms. The molecule has 1 aromatic rings. The summed E-state index contributed by atoms with van der Waals surface area (Å²) >= 11 is 0. The molecule has 0 saturated carbocycles. The molecule has 0 aromatic heterocycles. The van der Waals surface area contributed by atoms with Gasteiger partial charge < -0.3 is 15.7 Å². The van der Waals surface area contributed by atoms with Crippen LogP contribution in [0.1, 0.15) is 30.0 Å². The van der Waals surface area contributed by atoms with Gasteiger partial charge in [-0.15, -0.1) is 0 Å². The Bertz CT molecular complexity index is 415. The molecule has 0 aliphatic carbocycles. The maximum atomic E-state index is 8.95. The number of fused-ring (bicyclic) bond motifs is 1. The first-order valence-corrected chi connectivity index (χ1v) is 6.85. The molecule has 0 amide bonds. The molecule has 100 valence electrons. The zero-order chi connectivity index (χ0) is 13.1. The number of nitrogens with two attached hydrogens (primary N) is 1. The Morgan fingerprint density at radius 3 is 2.89 bits per heavy atom. The number of aliphatic hydroxyl groups is 1. The molecule has 0 spiro atoms. The number of aliphatic hydroxyl groups excluding tert-OH is 1. The summed E-state index contributed by atoms with van der Waals surface area (Å²) in [4.78, 5) is 2.40. The first kappa shape index (κ1) is 13.4. The van der Waals surface area contributed by atoms with Crippen molar-refractivity contribution in [3.63, 3.8) is 0 Å². The topological polar surface area (TPSA) is 49.5 Å². The smallest absolute Gasteiger partial charge is 0.0447 e. The number of hydrogen-bond donors (Lipinski definition) is 2. The van der Waals surface area contributed by atoms with Gasteiger partial charge in [-0.3, -0.25) is 0 Å². The van der Waals surface area contributed by atoms with Gasteiger partial charge in [0, 0.05) is 31.4 Å². The summed E-state index contributed by atoms with van der Waals surface area (Å²) in [6.07, 6.45) is 2.92. The summed E-state index contributed by atoms with van der Waals surface area (Å²) < 4.78 is 0. The van der Waals surface area contributed by atoms with Gasteiger partial charge in [0.1, 0.15) is 0 Å². The Labute approximate surface area is 110 Å². The number of anilines is 1. The normalized spacial score (nSPS) is 15.9. The summed E-state index contributed by atoms with van der Waals surface area (Å²) in [7, 11) is 0. The minimum atomic E-state index is 0.217. The van der Waals surface area contributed by atoms with Gasteiger partial charge in [0.2, 0.25) is 0 Å². The quantitative estimate of drug-likeness (QED) is 0.832. The number of hydrogen-bond acceptors (Lipinski definition) is 3. The molecule has 1 aliphatic rings. The van der Waals surface area contributed by atoms with Crippen molar-refractivity contribution in [3.8, 4) is 0 Å². The van der Waals surface area contributed by atoms with Crippen LogP contribution in [0.25, 0.3) is 0 Å². The highest BCUT2D eigenvalue weighted by molar-refractivity contribution is 5.64. The van der Waals surface area contributed by atoms with Crippen LogP contribution < -0.4 is 10.6 Å². The van der Waals surface area contributed by atoms with E-state index in [1.54, 1.807) is 0 Å². The van der Waals surface area contributed by atoms with Crippen LogP contribution in [0.5, 0.6) is 0 Å². The molecule has 3 N–H and O–H groups in total. The molecule has 1 aromatic carbocycles. The van der Waals surface area contributed by atoms with Crippen LogP contribution in [0.3, 0.4) is 0 Å². The Hall–Kier alpha value is -1.06. The van der Waals surface area contributed by atoms with E-state index >= 15 is 0 Å². The van der Waals surface area contributed by atoms with Crippen LogP contribution in [0, 0.1) is 6.92 Å². The average molecular weight is 248 g/mol. The van der Waals surface area contributed by atoms with E-state index < -0.39 is 0 Å². The Balaban J connectivity index is 2.20. The van der Waals surface area contributed by atoms with E-state index in [2.05, 4.69) is 30.9 Å². The van der Waals surface area contributed by atoms with Gasteiger partial charge in [-0.1, -0.05) is 12.1 Å². The monoisotopic (exact) mass is 248 g/mol. The van der Waals surface area contributed by atoms with E-state index in [4.69, 9.17) is 10.8 Å². The van der Waals surface area contributed by atoms with Gasteiger partial charge in [0.25, 0.3) is 0 Å². The van der Waals surface area contributed by atoms with E-state index in [0.29, 0.717) is 0 Å². The number of benzene rings is 1. The van der Waals surface area contributed by atoms with Crippen molar-refractivity contribution in [2.45, 2.75) is 39.2 Å². The van der Waals surface area contributed by atoms with Crippen molar-refractivity contribution in [3.05, 3.63) is 28.8 Å². The fourth-order valence-corrected chi connectivity index (χ4v) is 2.92. The zero-order valence-electron chi connectivity index (χ0n) is 11.4. The van der Waals surface area contributed by atoms with E-state index in [-0.39, 0.29) is 12.6 Å². The molecular formula is C15H24N2O. The highest BCUT2D eigenvalue weighted by atomic mass is 16.3. The highest BCUT2D eigenvalue weighted by Gasteiger charge is 2.21. The van der Waals surface area contributed by atoms with Crippen LogP contribution in [0.2, 0.25) is 0 Å². The average Bonchev–Trinajstić information content (AvgIpc) is 2.69. The van der Waals surface area contributed by atoms with Gasteiger partial charge in [-0.05, 0) is 49.8 Å². The summed E-state index contributed by atoms with van der Waals surface area (Å²) in [5, 5.41) is 8.95. The summed E-state index contributed by atoms with van der Waals surface area (Å²) in [5.41, 5.74) is 11.4. The molecule has 1 heterocycles. The Kier molecular flexibility index (Phi) is 4.25. The number of rotatable bonds is 5. The van der Waals surface area contributed by atoms with Crippen molar-refractivity contribution in [2.24, 2.45) is 5.73 Å². The second-order valence-electron chi connectivity index (χ2n) is 5.42. The molecular weight excluding hydrogens is 224 g/mol. The zero-order valence-corrected chi connectivity index (χ0v) is 11.4. The van der Waals surface area contributed by atoms with Gasteiger partial charge in [0.05, 0.1) is 0 Å². The third-order valence-corrected chi connectivity index (χ3v) is 3.55. The van der Waals surface area contributed by atoms with Crippen LogP contribution in [-0.4, -0.2) is 30.8 Å². The molecule has 0 saturated heterocycles. The summed E-state index contributed by atoms with van der Waals surface area (Å²) in [6.45, 7) is 6.54. The third kappa shape index (κ3) is 2.85. The minimum absolute atomic E-state index is 0.217. The van der Waals surface area contributed by atoms with Crippen molar-refractivity contribution in [1.29, 1.82) is 0 Å². The predicted molar refractivity (Wildman–Crippen MR) is 76.2 cm³/mol. The molecule has 3 nitrogen and oxygen atoms in total. The van der Waals surface area contributed by atoms with E-state index in [0.717, 1.165) is 32.4 Å².